The highest BCUT2D eigenvalue weighted by atomic mass is 16.2. The SMILES string of the molecule is CC(NC(=O)Cn1cnnn1)c1cccc(-n2cccn2)c1. The molecule has 1 aromatic carbocycles. The molecule has 1 N–H and O–H groups in total. The fourth-order valence-electron chi connectivity index (χ4n) is 2.13. The molecule has 0 radical (unpaired) electrons. The third-order valence-electron chi connectivity index (χ3n) is 3.21. The fraction of sp³-hybridized carbons (Fsp3) is 0.214. The van der Waals surface area contributed by atoms with Crippen LogP contribution in [-0.4, -0.2) is 35.9 Å². The van der Waals surface area contributed by atoms with Gasteiger partial charge < -0.3 is 5.32 Å². The Hall–Kier alpha value is -3.03. The van der Waals surface area contributed by atoms with Crippen LogP contribution in [0.4, 0.5) is 0 Å². The number of carbonyl (C=O) groups is 1. The summed E-state index contributed by atoms with van der Waals surface area (Å²) in [6.07, 6.45) is 5.01. The number of hydrogen-bond acceptors (Lipinski definition) is 5. The smallest absolute Gasteiger partial charge is 0.242 e. The predicted molar refractivity (Wildman–Crippen MR) is 77.9 cm³/mol. The van der Waals surface area contributed by atoms with Crippen LogP contribution in [-0.2, 0) is 11.3 Å². The maximum absolute atomic E-state index is 12.0. The molecule has 2 heterocycles. The third kappa shape index (κ3) is 3.17. The Morgan fingerprint density at radius 2 is 2.27 bits per heavy atom. The van der Waals surface area contributed by atoms with Gasteiger partial charge in [-0.25, -0.2) is 9.36 Å². The van der Waals surface area contributed by atoms with Crippen molar-refractivity contribution in [1.82, 2.24) is 35.3 Å². The van der Waals surface area contributed by atoms with Gasteiger partial charge in [-0.15, -0.1) is 5.10 Å². The zero-order chi connectivity index (χ0) is 15.4. The molecule has 1 unspecified atom stereocenters. The summed E-state index contributed by atoms with van der Waals surface area (Å²) >= 11 is 0. The van der Waals surface area contributed by atoms with Gasteiger partial charge in [0.2, 0.25) is 5.91 Å². The van der Waals surface area contributed by atoms with Crippen molar-refractivity contribution < 1.29 is 4.79 Å². The van der Waals surface area contributed by atoms with Crippen LogP contribution in [0.25, 0.3) is 5.69 Å². The number of hydrogen-bond donors (Lipinski definition) is 1. The highest BCUT2D eigenvalue weighted by Crippen LogP contribution is 2.16. The lowest BCUT2D eigenvalue weighted by Gasteiger charge is -2.15. The molecule has 0 saturated carbocycles. The van der Waals surface area contributed by atoms with E-state index in [1.54, 1.807) is 10.9 Å². The van der Waals surface area contributed by atoms with Gasteiger partial charge in [0.05, 0.1) is 11.7 Å². The van der Waals surface area contributed by atoms with Crippen molar-refractivity contribution in [2.24, 2.45) is 0 Å². The molecule has 0 spiro atoms. The second kappa shape index (κ2) is 6.17. The lowest BCUT2D eigenvalue weighted by molar-refractivity contribution is -0.122. The van der Waals surface area contributed by atoms with Crippen molar-refractivity contribution in [3.8, 4) is 5.69 Å². The molecule has 0 saturated heterocycles. The van der Waals surface area contributed by atoms with Crippen molar-refractivity contribution in [3.63, 3.8) is 0 Å². The number of nitrogens with one attached hydrogen (secondary N) is 1. The van der Waals surface area contributed by atoms with E-state index in [4.69, 9.17) is 0 Å². The molecule has 8 heteroatoms. The molecule has 1 atom stereocenters. The van der Waals surface area contributed by atoms with Gasteiger partial charge in [-0.2, -0.15) is 5.10 Å². The Labute approximate surface area is 126 Å². The third-order valence-corrected chi connectivity index (χ3v) is 3.21. The Morgan fingerprint density at radius 1 is 1.36 bits per heavy atom. The molecule has 112 valence electrons. The van der Waals surface area contributed by atoms with Crippen molar-refractivity contribution in [3.05, 3.63) is 54.6 Å². The first kappa shape index (κ1) is 13.9. The maximum Gasteiger partial charge on any atom is 0.242 e. The van der Waals surface area contributed by atoms with Gasteiger partial charge in [0.15, 0.2) is 0 Å². The monoisotopic (exact) mass is 297 g/mol. The number of nitrogens with zero attached hydrogens (tertiary/aromatic N) is 6. The molecule has 0 aliphatic rings. The molecule has 0 aliphatic carbocycles. The maximum atomic E-state index is 12.0. The summed E-state index contributed by atoms with van der Waals surface area (Å²) < 4.78 is 3.15. The fourth-order valence-corrected chi connectivity index (χ4v) is 2.13. The average Bonchev–Trinajstić information content (AvgIpc) is 3.20. The molecule has 2 aromatic heterocycles. The standard InChI is InChI=1S/C14H15N7O/c1-11(17-14(22)9-20-10-15-18-19-20)12-4-2-5-13(8-12)21-7-3-6-16-21/h2-8,10-11H,9H2,1H3,(H,17,22). The quantitative estimate of drug-likeness (QED) is 0.750. The van der Waals surface area contributed by atoms with Crippen LogP contribution in [0.15, 0.2) is 49.1 Å². The van der Waals surface area contributed by atoms with Crippen LogP contribution in [0.3, 0.4) is 0 Å². The summed E-state index contributed by atoms with van der Waals surface area (Å²) in [5.41, 5.74) is 1.95. The van der Waals surface area contributed by atoms with E-state index in [0.29, 0.717) is 0 Å². The molecule has 1 amide bonds. The minimum absolute atomic E-state index is 0.0934. The lowest BCUT2D eigenvalue weighted by Crippen LogP contribution is -2.30. The largest absolute Gasteiger partial charge is 0.348 e. The highest BCUT2D eigenvalue weighted by molar-refractivity contribution is 5.76. The van der Waals surface area contributed by atoms with E-state index in [2.05, 4.69) is 25.9 Å². The van der Waals surface area contributed by atoms with E-state index in [-0.39, 0.29) is 18.5 Å². The van der Waals surface area contributed by atoms with E-state index in [9.17, 15) is 4.79 Å². The molecular weight excluding hydrogens is 282 g/mol. The van der Waals surface area contributed by atoms with Gasteiger partial charge in [-0.1, -0.05) is 12.1 Å². The number of carbonyl (C=O) groups excluding carboxylic acids is 1. The predicted octanol–water partition coefficient (Wildman–Crippen LogP) is 0.736. The zero-order valence-corrected chi connectivity index (χ0v) is 12.0. The van der Waals surface area contributed by atoms with Crippen LogP contribution < -0.4 is 5.32 Å². The molecule has 3 aromatic rings. The van der Waals surface area contributed by atoms with E-state index in [0.717, 1.165) is 11.3 Å². The van der Waals surface area contributed by atoms with E-state index >= 15 is 0 Å². The second-order valence-electron chi connectivity index (χ2n) is 4.84. The number of amides is 1. The van der Waals surface area contributed by atoms with Gasteiger partial charge in [0.1, 0.15) is 12.9 Å². The number of benzene rings is 1. The Balaban J connectivity index is 1.68. The van der Waals surface area contributed by atoms with Gasteiger partial charge in [-0.3, -0.25) is 4.79 Å². The summed E-state index contributed by atoms with van der Waals surface area (Å²) in [6.45, 7) is 2.02. The first-order chi connectivity index (χ1) is 10.7. The van der Waals surface area contributed by atoms with Gasteiger partial charge in [0, 0.05) is 12.4 Å². The normalized spacial score (nSPS) is 12.0. The van der Waals surface area contributed by atoms with Crippen molar-refractivity contribution in [2.45, 2.75) is 19.5 Å². The van der Waals surface area contributed by atoms with Crippen LogP contribution in [0.2, 0.25) is 0 Å². The van der Waals surface area contributed by atoms with Crippen LogP contribution in [0, 0.1) is 0 Å². The van der Waals surface area contributed by atoms with Crippen molar-refractivity contribution in [2.75, 3.05) is 0 Å². The van der Waals surface area contributed by atoms with E-state index in [1.165, 1.54) is 11.0 Å². The first-order valence-electron chi connectivity index (χ1n) is 6.82. The van der Waals surface area contributed by atoms with Crippen molar-refractivity contribution >= 4 is 5.91 Å². The van der Waals surface area contributed by atoms with Gasteiger partial charge >= 0.3 is 0 Å². The van der Waals surface area contributed by atoms with Gasteiger partial charge in [-0.05, 0) is 41.1 Å². The molecule has 3 rings (SSSR count). The molecule has 22 heavy (non-hydrogen) atoms. The molecular formula is C14H15N7O. The summed E-state index contributed by atoms with van der Waals surface area (Å²) in [7, 11) is 0. The van der Waals surface area contributed by atoms with Gasteiger partial charge in [0.25, 0.3) is 0 Å². The second-order valence-corrected chi connectivity index (χ2v) is 4.84. The molecule has 0 bridgehead atoms. The zero-order valence-electron chi connectivity index (χ0n) is 12.0. The topological polar surface area (TPSA) is 90.5 Å². The minimum atomic E-state index is -0.149. The first-order valence-corrected chi connectivity index (χ1v) is 6.82. The lowest BCUT2D eigenvalue weighted by atomic mass is 10.1. The Morgan fingerprint density at radius 3 is 3.00 bits per heavy atom. The summed E-state index contributed by atoms with van der Waals surface area (Å²) in [5, 5.41) is 17.8. The Bertz CT molecular complexity index is 736. The molecule has 0 aliphatic heterocycles. The average molecular weight is 297 g/mol. The van der Waals surface area contributed by atoms with Crippen LogP contribution >= 0.6 is 0 Å². The van der Waals surface area contributed by atoms with Crippen molar-refractivity contribution in [1.29, 1.82) is 0 Å². The van der Waals surface area contributed by atoms with E-state index in [1.807, 2.05) is 43.5 Å². The molecule has 8 nitrogen and oxygen atoms in total. The number of tetrazole rings is 1. The number of aromatic nitrogens is 6. The number of rotatable bonds is 5. The van der Waals surface area contributed by atoms with Crippen LogP contribution in [0.1, 0.15) is 18.5 Å². The van der Waals surface area contributed by atoms with Crippen LogP contribution in [0.5, 0.6) is 0 Å². The highest BCUT2D eigenvalue weighted by Gasteiger charge is 2.11. The summed E-state index contributed by atoms with van der Waals surface area (Å²) in [4.78, 5) is 12.0. The minimum Gasteiger partial charge on any atom is -0.348 e. The Kier molecular flexibility index (Phi) is 3.90. The molecule has 0 fully saturated rings. The summed E-state index contributed by atoms with van der Waals surface area (Å²) in [5.74, 6) is -0.149. The van der Waals surface area contributed by atoms with E-state index < -0.39 is 0 Å². The summed E-state index contributed by atoms with van der Waals surface area (Å²) in [6, 6.07) is 9.61.